The topological polar surface area (TPSA) is 71.3 Å². The lowest BCUT2D eigenvalue weighted by Gasteiger charge is -2.33. The highest BCUT2D eigenvalue weighted by Crippen LogP contribution is 2.42. The molecule has 2 heterocycles. The Bertz CT molecular complexity index is 967. The SMILES string of the molecule is CC1=C(C(=O)Nc2cccc(C)c2)C(c2ccco2)C2=C(CCCC2=O)N1. The normalized spacial score (nSPS) is 19.6. The number of hydrogen-bond donors (Lipinski definition) is 2. The number of benzene rings is 1. The van der Waals surface area contributed by atoms with Crippen molar-refractivity contribution in [3.63, 3.8) is 0 Å². The number of Topliss-reactive ketones (excluding diaryl/α,β-unsaturated/α-hetero) is 1. The van der Waals surface area contributed by atoms with Crippen LogP contribution in [0.4, 0.5) is 5.69 Å². The molecule has 2 aliphatic rings. The van der Waals surface area contributed by atoms with Crippen molar-refractivity contribution in [3.05, 3.63) is 76.5 Å². The maximum atomic E-state index is 13.2. The molecule has 0 fully saturated rings. The first-order chi connectivity index (χ1) is 13.0. The Balaban J connectivity index is 1.75. The van der Waals surface area contributed by atoms with Gasteiger partial charge in [-0.1, -0.05) is 12.1 Å². The van der Waals surface area contributed by atoms with E-state index in [1.54, 1.807) is 12.3 Å². The summed E-state index contributed by atoms with van der Waals surface area (Å²) < 4.78 is 5.64. The lowest BCUT2D eigenvalue weighted by atomic mass is 9.77. The first kappa shape index (κ1) is 17.3. The quantitative estimate of drug-likeness (QED) is 0.859. The number of anilines is 1. The van der Waals surface area contributed by atoms with Gasteiger partial charge in [0.05, 0.1) is 17.8 Å². The molecule has 27 heavy (non-hydrogen) atoms. The second kappa shape index (κ2) is 6.91. The molecule has 0 bridgehead atoms. The molecule has 2 N–H and O–H groups in total. The number of aryl methyl sites for hydroxylation is 1. The van der Waals surface area contributed by atoms with Crippen LogP contribution in [0.25, 0.3) is 0 Å². The second-order valence-corrected chi connectivity index (χ2v) is 7.10. The minimum absolute atomic E-state index is 0.0819. The number of dihydropyridines is 1. The van der Waals surface area contributed by atoms with Crippen molar-refractivity contribution >= 4 is 17.4 Å². The highest BCUT2D eigenvalue weighted by Gasteiger charge is 2.39. The molecule has 138 valence electrons. The summed E-state index contributed by atoms with van der Waals surface area (Å²) in [5.74, 6) is -0.00252. The molecule has 5 nitrogen and oxygen atoms in total. The third-order valence-corrected chi connectivity index (χ3v) is 5.12. The van der Waals surface area contributed by atoms with Crippen LogP contribution in [0.5, 0.6) is 0 Å². The van der Waals surface area contributed by atoms with Crippen molar-refractivity contribution in [2.75, 3.05) is 5.32 Å². The minimum atomic E-state index is -0.478. The van der Waals surface area contributed by atoms with Crippen LogP contribution in [0.1, 0.15) is 43.4 Å². The molecule has 1 atom stereocenters. The number of rotatable bonds is 3. The number of amides is 1. The molecule has 4 rings (SSSR count). The Morgan fingerprint density at radius 3 is 2.78 bits per heavy atom. The smallest absolute Gasteiger partial charge is 0.254 e. The molecule has 1 aliphatic carbocycles. The Morgan fingerprint density at radius 1 is 1.19 bits per heavy atom. The summed E-state index contributed by atoms with van der Waals surface area (Å²) >= 11 is 0. The molecular weight excluding hydrogens is 340 g/mol. The molecule has 0 spiro atoms. The molecule has 0 saturated carbocycles. The summed E-state index contributed by atoms with van der Waals surface area (Å²) in [7, 11) is 0. The third kappa shape index (κ3) is 3.21. The van der Waals surface area contributed by atoms with Crippen LogP contribution in [0.15, 0.2) is 69.6 Å². The molecule has 0 saturated heterocycles. The zero-order valence-corrected chi connectivity index (χ0v) is 15.5. The molecule has 0 radical (unpaired) electrons. The zero-order valence-electron chi connectivity index (χ0n) is 15.5. The number of nitrogens with one attached hydrogen (secondary N) is 2. The molecule has 1 aromatic heterocycles. The second-order valence-electron chi connectivity index (χ2n) is 7.10. The molecular formula is C22H22N2O3. The van der Waals surface area contributed by atoms with Gasteiger partial charge in [-0.15, -0.1) is 0 Å². The number of allylic oxidation sites excluding steroid dienone is 3. The van der Waals surface area contributed by atoms with Crippen molar-refractivity contribution in [1.29, 1.82) is 0 Å². The van der Waals surface area contributed by atoms with Crippen molar-refractivity contribution in [2.45, 2.75) is 39.0 Å². The number of carbonyl (C=O) groups excluding carboxylic acids is 2. The molecule has 1 unspecified atom stereocenters. The Hall–Kier alpha value is -3.08. The summed E-state index contributed by atoms with van der Waals surface area (Å²) in [6.45, 7) is 3.86. The van der Waals surface area contributed by atoms with Gasteiger partial charge in [0.15, 0.2) is 5.78 Å². The molecule has 5 heteroatoms. The molecule has 1 amide bonds. The Morgan fingerprint density at radius 2 is 2.04 bits per heavy atom. The number of ketones is 1. The van der Waals surface area contributed by atoms with Gasteiger partial charge in [0, 0.05) is 29.1 Å². The van der Waals surface area contributed by atoms with Crippen LogP contribution in [-0.4, -0.2) is 11.7 Å². The molecule has 1 aromatic carbocycles. The minimum Gasteiger partial charge on any atom is -0.468 e. The van der Waals surface area contributed by atoms with Gasteiger partial charge < -0.3 is 15.1 Å². The van der Waals surface area contributed by atoms with Gasteiger partial charge in [-0.05, 0) is 56.5 Å². The first-order valence-corrected chi connectivity index (χ1v) is 9.20. The van der Waals surface area contributed by atoms with E-state index in [0.717, 1.165) is 35.5 Å². The summed E-state index contributed by atoms with van der Waals surface area (Å²) in [6.07, 6.45) is 3.72. The van der Waals surface area contributed by atoms with Gasteiger partial charge in [-0.25, -0.2) is 0 Å². The maximum absolute atomic E-state index is 13.2. The van der Waals surface area contributed by atoms with E-state index in [-0.39, 0.29) is 11.7 Å². The molecule has 2 aromatic rings. The number of carbonyl (C=O) groups is 2. The van der Waals surface area contributed by atoms with Crippen LogP contribution in [-0.2, 0) is 9.59 Å². The largest absolute Gasteiger partial charge is 0.468 e. The average molecular weight is 362 g/mol. The number of hydrogen-bond acceptors (Lipinski definition) is 4. The Labute approximate surface area is 158 Å². The van der Waals surface area contributed by atoms with Gasteiger partial charge in [0.2, 0.25) is 0 Å². The van der Waals surface area contributed by atoms with E-state index in [0.29, 0.717) is 23.3 Å². The fourth-order valence-electron chi connectivity index (χ4n) is 3.95. The summed E-state index contributed by atoms with van der Waals surface area (Å²) in [6, 6.07) is 11.3. The average Bonchev–Trinajstić information content (AvgIpc) is 3.15. The standard InChI is InChI=1S/C22H22N2O3/c1-13-6-3-7-15(12-13)24-22(26)19-14(2)23-16-8-4-9-17(25)20(16)21(19)18-10-5-11-27-18/h3,5-7,10-12,21,23H,4,8-9H2,1-2H3,(H,24,26). The summed E-state index contributed by atoms with van der Waals surface area (Å²) in [4.78, 5) is 25.9. The van der Waals surface area contributed by atoms with E-state index in [9.17, 15) is 9.59 Å². The van der Waals surface area contributed by atoms with E-state index in [1.165, 1.54) is 0 Å². The summed E-state index contributed by atoms with van der Waals surface area (Å²) in [5.41, 5.74) is 4.66. The van der Waals surface area contributed by atoms with Crippen molar-refractivity contribution < 1.29 is 14.0 Å². The lowest BCUT2D eigenvalue weighted by molar-refractivity contribution is -0.116. The van der Waals surface area contributed by atoms with E-state index in [1.807, 2.05) is 44.2 Å². The van der Waals surface area contributed by atoms with Crippen LogP contribution in [0, 0.1) is 6.92 Å². The van der Waals surface area contributed by atoms with Gasteiger partial charge in [-0.2, -0.15) is 0 Å². The predicted octanol–water partition coefficient (Wildman–Crippen LogP) is 4.19. The number of furan rings is 1. The van der Waals surface area contributed by atoms with Gasteiger partial charge in [-0.3, -0.25) is 9.59 Å². The lowest BCUT2D eigenvalue weighted by Crippen LogP contribution is -2.35. The summed E-state index contributed by atoms with van der Waals surface area (Å²) in [5, 5.41) is 6.28. The highest BCUT2D eigenvalue weighted by molar-refractivity contribution is 6.09. The van der Waals surface area contributed by atoms with Crippen LogP contribution in [0.3, 0.4) is 0 Å². The van der Waals surface area contributed by atoms with E-state index in [2.05, 4.69) is 10.6 Å². The van der Waals surface area contributed by atoms with Gasteiger partial charge in [0.1, 0.15) is 5.76 Å². The zero-order chi connectivity index (χ0) is 19.0. The maximum Gasteiger partial charge on any atom is 0.254 e. The fraction of sp³-hybridized carbons (Fsp3) is 0.273. The monoisotopic (exact) mass is 362 g/mol. The predicted molar refractivity (Wildman–Crippen MR) is 103 cm³/mol. The Kier molecular flexibility index (Phi) is 4.44. The van der Waals surface area contributed by atoms with Gasteiger partial charge in [0.25, 0.3) is 5.91 Å². The van der Waals surface area contributed by atoms with E-state index in [4.69, 9.17) is 4.42 Å². The molecule has 1 aliphatic heterocycles. The van der Waals surface area contributed by atoms with Crippen molar-refractivity contribution in [2.24, 2.45) is 0 Å². The highest BCUT2D eigenvalue weighted by atomic mass is 16.3. The third-order valence-electron chi connectivity index (χ3n) is 5.12. The fourth-order valence-corrected chi connectivity index (χ4v) is 3.95. The van der Waals surface area contributed by atoms with Crippen LogP contribution < -0.4 is 10.6 Å². The van der Waals surface area contributed by atoms with E-state index >= 15 is 0 Å². The van der Waals surface area contributed by atoms with Gasteiger partial charge >= 0.3 is 0 Å². The van der Waals surface area contributed by atoms with Crippen molar-refractivity contribution in [1.82, 2.24) is 5.32 Å². The van der Waals surface area contributed by atoms with Crippen molar-refractivity contribution in [3.8, 4) is 0 Å². The van der Waals surface area contributed by atoms with Crippen LogP contribution >= 0.6 is 0 Å². The van der Waals surface area contributed by atoms with E-state index < -0.39 is 5.92 Å². The first-order valence-electron chi connectivity index (χ1n) is 9.20. The van der Waals surface area contributed by atoms with Crippen LogP contribution in [0.2, 0.25) is 0 Å².